The van der Waals surface area contributed by atoms with Crippen molar-refractivity contribution in [1.82, 2.24) is 10.3 Å². The third-order valence-corrected chi connectivity index (χ3v) is 3.38. The molecule has 1 heterocycles. The highest BCUT2D eigenvalue weighted by molar-refractivity contribution is 5.93. The Morgan fingerprint density at radius 3 is 2.76 bits per heavy atom. The number of nitrogens with zero attached hydrogens (tertiary/aromatic N) is 1. The lowest BCUT2D eigenvalue weighted by Crippen LogP contribution is -2.37. The van der Waals surface area contributed by atoms with E-state index in [0.717, 1.165) is 23.7 Å². The van der Waals surface area contributed by atoms with Gasteiger partial charge in [-0.25, -0.2) is 9.78 Å². The number of aromatic nitrogens is 1. The summed E-state index contributed by atoms with van der Waals surface area (Å²) >= 11 is 0. The Morgan fingerprint density at radius 1 is 1.24 bits per heavy atom. The Bertz CT molecular complexity index is 695. The lowest BCUT2D eigenvalue weighted by atomic mass is 10.2. The SMILES string of the molecule is CC(OC(=O)c1ccc2ccccc2n1)C(=O)NC1CC1. The summed E-state index contributed by atoms with van der Waals surface area (Å²) in [5, 5.41) is 3.76. The number of benzene rings is 1. The molecule has 0 bridgehead atoms. The lowest BCUT2D eigenvalue weighted by molar-refractivity contribution is -0.129. The van der Waals surface area contributed by atoms with E-state index in [9.17, 15) is 9.59 Å². The average Bonchev–Trinajstić information content (AvgIpc) is 3.30. The third-order valence-electron chi connectivity index (χ3n) is 3.38. The quantitative estimate of drug-likeness (QED) is 0.873. The number of amides is 1. The second-order valence-electron chi connectivity index (χ2n) is 5.22. The van der Waals surface area contributed by atoms with Crippen molar-refractivity contribution in [2.45, 2.75) is 31.9 Å². The molecule has 0 saturated heterocycles. The molecule has 5 nitrogen and oxygen atoms in total. The van der Waals surface area contributed by atoms with Gasteiger partial charge in [0.2, 0.25) is 0 Å². The maximum absolute atomic E-state index is 12.0. The van der Waals surface area contributed by atoms with E-state index < -0.39 is 12.1 Å². The molecule has 0 spiro atoms. The van der Waals surface area contributed by atoms with E-state index in [1.165, 1.54) is 0 Å². The average molecular weight is 284 g/mol. The number of ether oxygens (including phenoxy) is 1. The second kappa shape index (κ2) is 5.52. The van der Waals surface area contributed by atoms with E-state index in [2.05, 4.69) is 10.3 Å². The molecule has 2 aromatic rings. The van der Waals surface area contributed by atoms with Crippen molar-refractivity contribution < 1.29 is 14.3 Å². The number of fused-ring (bicyclic) bond motifs is 1. The zero-order valence-electron chi connectivity index (χ0n) is 11.7. The highest BCUT2D eigenvalue weighted by Gasteiger charge is 2.27. The highest BCUT2D eigenvalue weighted by Crippen LogP contribution is 2.19. The minimum atomic E-state index is -0.814. The number of para-hydroxylation sites is 1. The van der Waals surface area contributed by atoms with Crippen molar-refractivity contribution in [2.75, 3.05) is 0 Å². The van der Waals surface area contributed by atoms with Gasteiger partial charge in [0.25, 0.3) is 5.91 Å². The number of esters is 1. The molecule has 0 aliphatic heterocycles. The van der Waals surface area contributed by atoms with Crippen molar-refractivity contribution in [3.63, 3.8) is 0 Å². The minimum absolute atomic E-state index is 0.208. The zero-order chi connectivity index (χ0) is 14.8. The normalized spacial score (nSPS) is 15.5. The topological polar surface area (TPSA) is 68.3 Å². The number of nitrogens with one attached hydrogen (secondary N) is 1. The van der Waals surface area contributed by atoms with E-state index in [1.807, 2.05) is 30.3 Å². The van der Waals surface area contributed by atoms with Crippen molar-refractivity contribution in [2.24, 2.45) is 0 Å². The highest BCUT2D eigenvalue weighted by atomic mass is 16.5. The van der Waals surface area contributed by atoms with Crippen molar-refractivity contribution in [3.05, 3.63) is 42.1 Å². The van der Waals surface area contributed by atoms with Crippen LogP contribution in [0.15, 0.2) is 36.4 Å². The van der Waals surface area contributed by atoms with E-state index in [0.29, 0.717) is 0 Å². The van der Waals surface area contributed by atoms with Gasteiger partial charge in [-0.05, 0) is 31.9 Å². The zero-order valence-corrected chi connectivity index (χ0v) is 11.7. The van der Waals surface area contributed by atoms with Crippen LogP contribution in [0.25, 0.3) is 10.9 Å². The summed E-state index contributed by atoms with van der Waals surface area (Å²) in [4.78, 5) is 28.1. The molecule has 1 N–H and O–H groups in total. The smallest absolute Gasteiger partial charge is 0.357 e. The van der Waals surface area contributed by atoms with E-state index in [4.69, 9.17) is 4.74 Å². The molecule has 1 atom stereocenters. The van der Waals surface area contributed by atoms with Gasteiger partial charge in [-0.3, -0.25) is 4.79 Å². The van der Waals surface area contributed by atoms with Crippen LogP contribution >= 0.6 is 0 Å². The third kappa shape index (κ3) is 3.18. The van der Waals surface area contributed by atoms with Crippen molar-refractivity contribution in [3.8, 4) is 0 Å². The molecule has 5 heteroatoms. The van der Waals surface area contributed by atoms with Gasteiger partial charge in [-0.2, -0.15) is 0 Å². The first-order valence-corrected chi connectivity index (χ1v) is 7.00. The predicted octanol–water partition coefficient (Wildman–Crippen LogP) is 2.06. The molecular formula is C16H16N2O3. The Labute approximate surface area is 122 Å². The molecule has 0 radical (unpaired) electrons. The molecule has 21 heavy (non-hydrogen) atoms. The van der Waals surface area contributed by atoms with Gasteiger partial charge in [0, 0.05) is 11.4 Å². The van der Waals surface area contributed by atoms with Crippen LogP contribution in [-0.4, -0.2) is 29.0 Å². The maximum atomic E-state index is 12.0. The molecule has 1 aromatic heterocycles. The van der Waals surface area contributed by atoms with Gasteiger partial charge < -0.3 is 10.1 Å². The van der Waals surface area contributed by atoms with E-state index >= 15 is 0 Å². The van der Waals surface area contributed by atoms with Gasteiger partial charge in [-0.15, -0.1) is 0 Å². The van der Waals surface area contributed by atoms with Gasteiger partial charge in [0.15, 0.2) is 6.10 Å². The molecule has 1 amide bonds. The van der Waals surface area contributed by atoms with Gasteiger partial charge in [-0.1, -0.05) is 24.3 Å². The monoisotopic (exact) mass is 284 g/mol. The first kappa shape index (κ1) is 13.5. The largest absolute Gasteiger partial charge is 0.448 e. The van der Waals surface area contributed by atoms with Crippen LogP contribution in [0.1, 0.15) is 30.3 Å². The maximum Gasteiger partial charge on any atom is 0.357 e. The fraction of sp³-hybridized carbons (Fsp3) is 0.312. The minimum Gasteiger partial charge on any atom is -0.448 e. The summed E-state index contributed by atoms with van der Waals surface area (Å²) in [5.41, 5.74) is 0.932. The van der Waals surface area contributed by atoms with Crippen LogP contribution in [0, 0.1) is 0 Å². The molecule has 1 unspecified atom stereocenters. The molecular weight excluding hydrogens is 268 g/mol. The van der Waals surface area contributed by atoms with Gasteiger partial charge in [0.05, 0.1) is 5.52 Å². The number of carbonyl (C=O) groups excluding carboxylic acids is 2. The summed E-state index contributed by atoms with van der Waals surface area (Å²) in [6.45, 7) is 1.57. The Morgan fingerprint density at radius 2 is 2.00 bits per heavy atom. The van der Waals surface area contributed by atoms with Crippen LogP contribution in [0.5, 0.6) is 0 Å². The van der Waals surface area contributed by atoms with Crippen LogP contribution < -0.4 is 5.32 Å². The molecule has 1 aliphatic carbocycles. The number of hydrogen-bond donors (Lipinski definition) is 1. The first-order chi connectivity index (χ1) is 10.1. The molecule has 1 aliphatic rings. The fourth-order valence-corrected chi connectivity index (χ4v) is 2.00. The fourth-order valence-electron chi connectivity index (χ4n) is 2.00. The van der Waals surface area contributed by atoms with Crippen LogP contribution in [0.2, 0.25) is 0 Å². The Hall–Kier alpha value is -2.43. The number of rotatable bonds is 4. The Balaban J connectivity index is 1.69. The molecule has 1 saturated carbocycles. The summed E-state index contributed by atoms with van der Waals surface area (Å²) in [6.07, 6.45) is 1.18. The number of pyridine rings is 1. The van der Waals surface area contributed by atoms with Gasteiger partial charge in [0.1, 0.15) is 5.69 Å². The summed E-state index contributed by atoms with van der Waals surface area (Å²) in [7, 11) is 0. The van der Waals surface area contributed by atoms with Gasteiger partial charge >= 0.3 is 5.97 Å². The predicted molar refractivity (Wildman–Crippen MR) is 77.8 cm³/mol. The van der Waals surface area contributed by atoms with E-state index in [1.54, 1.807) is 13.0 Å². The summed E-state index contributed by atoms with van der Waals surface area (Å²) in [6, 6.07) is 11.2. The molecule has 1 aromatic carbocycles. The van der Waals surface area contributed by atoms with Crippen LogP contribution in [-0.2, 0) is 9.53 Å². The number of hydrogen-bond acceptors (Lipinski definition) is 4. The Kier molecular flexibility index (Phi) is 3.56. The standard InChI is InChI=1S/C16H16N2O3/c1-10(15(19)17-12-7-8-12)21-16(20)14-9-6-11-4-2-3-5-13(11)18-14/h2-6,9-10,12H,7-8H2,1H3,(H,17,19). The lowest BCUT2D eigenvalue weighted by Gasteiger charge is -2.13. The van der Waals surface area contributed by atoms with Crippen molar-refractivity contribution >= 4 is 22.8 Å². The molecule has 108 valence electrons. The van der Waals surface area contributed by atoms with Crippen LogP contribution in [0.4, 0.5) is 0 Å². The molecule has 1 fully saturated rings. The summed E-state index contributed by atoms with van der Waals surface area (Å²) in [5.74, 6) is -0.842. The van der Waals surface area contributed by atoms with Crippen molar-refractivity contribution in [1.29, 1.82) is 0 Å². The first-order valence-electron chi connectivity index (χ1n) is 7.00. The second-order valence-corrected chi connectivity index (χ2v) is 5.22. The van der Waals surface area contributed by atoms with Crippen LogP contribution in [0.3, 0.4) is 0 Å². The number of carbonyl (C=O) groups is 2. The summed E-state index contributed by atoms with van der Waals surface area (Å²) < 4.78 is 5.16. The molecule has 3 rings (SSSR count). The van der Waals surface area contributed by atoms with E-state index in [-0.39, 0.29) is 17.6 Å².